The first-order valence-corrected chi connectivity index (χ1v) is 44.8. The van der Waals surface area contributed by atoms with Gasteiger partial charge in [-0.05, 0) is 208 Å². The molecule has 0 bridgehead atoms. The van der Waals surface area contributed by atoms with E-state index in [1.54, 1.807) is 56.0 Å². The Hall–Kier alpha value is -11.0. The third-order valence-corrected chi connectivity index (χ3v) is 27.7. The lowest BCUT2D eigenvalue weighted by Crippen LogP contribution is -2.51. The molecule has 0 saturated carbocycles. The lowest BCUT2D eigenvalue weighted by Gasteiger charge is -2.35. The van der Waals surface area contributed by atoms with Gasteiger partial charge in [-0.15, -0.1) is 0 Å². The SMILES string of the molecule is CC(=O)N1CCN(S(=O)(=O)c2cc(C#N)ccc2Oc2cc(C)cc(C)c2)CC1.CC(=O)N1CCN(S(=O)(=O)c2cc(C#N)ccc2Oc2cc(C)cc(Cl)c2)CC1.Cc1cc(C)cc(Oc2ccc(C#N)cc2S(=O)(=O)N2CCN(C(=O)C(C)C)CC2)c1.Cc1cc(Cl)cc(Oc2ccc(C#N)cc2S(=O)(=O)N2CCN(C(=O)C(C)C)CC2)c1. The van der Waals surface area contributed by atoms with E-state index in [4.69, 9.17) is 42.1 Å². The van der Waals surface area contributed by atoms with E-state index in [-0.39, 0.29) is 153 Å². The van der Waals surface area contributed by atoms with E-state index in [0.29, 0.717) is 85.4 Å². The largest absolute Gasteiger partial charge is 0.456 e. The fourth-order valence-corrected chi connectivity index (χ4v) is 20.3. The van der Waals surface area contributed by atoms with Crippen LogP contribution in [-0.4, -0.2) is 199 Å². The molecule has 0 atom stereocenters. The number of aryl methyl sites for hydroxylation is 6. The van der Waals surface area contributed by atoms with Crippen LogP contribution in [0.5, 0.6) is 46.0 Å². The Morgan fingerprint density at radius 3 is 0.700 bits per heavy atom. The number of nitriles is 4. The van der Waals surface area contributed by atoms with Crippen molar-refractivity contribution in [2.75, 3.05) is 105 Å². The number of halogens is 2. The average molecular weight is 1750 g/mol. The summed E-state index contributed by atoms with van der Waals surface area (Å²) in [5, 5.41) is 38.0. The van der Waals surface area contributed by atoms with Gasteiger partial charge in [-0.1, -0.05) is 63.0 Å². The van der Waals surface area contributed by atoms with Gasteiger partial charge in [0, 0.05) is 140 Å². The highest BCUT2D eigenvalue weighted by atomic mass is 35.5. The Morgan fingerprint density at radius 1 is 0.308 bits per heavy atom. The zero-order valence-electron chi connectivity index (χ0n) is 68.6. The molecule has 0 spiro atoms. The minimum absolute atomic E-state index is 0.00359. The fourth-order valence-electron chi connectivity index (χ4n) is 13.5. The van der Waals surface area contributed by atoms with Crippen molar-refractivity contribution in [2.45, 2.75) is 103 Å². The molecule has 4 fully saturated rings. The molecule has 4 amide bonds. The van der Waals surface area contributed by atoms with Crippen molar-refractivity contribution >= 4 is 86.9 Å². The molecule has 4 aliphatic rings. The van der Waals surface area contributed by atoms with Crippen LogP contribution in [0.3, 0.4) is 0 Å². The summed E-state index contributed by atoms with van der Waals surface area (Å²) in [6.45, 7) is 25.8. The van der Waals surface area contributed by atoms with Crippen LogP contribution < -0.4 is 18.9 Å². The topological polar surface area (TPSA) is 363 Å². The molecule has 4 saturated heterocycles. The van der Waals surface area contributed by atoms with Crippen molar-refractivity contribution < 1.29 is 71.8 Å². The lowest BCUT2D eigenvalue weighted by atomic mass is 10.1. The second-order valence-corrected chi connectivity index (χ2v) is 38.2. The molecule has 632 valence electrons. The van der Waals surface area contributed by atoms with Crippen molar-refractivity contribution in [1.29, 1.82) is 21.0 Å². The Bertz CT molecular complexity index is 5420. The molecule has 12 rings (SSSR count). The molecular formula is C86H94Cl2N12O16S4. The summed E-state index contributed by atoms with van der Waals surface area (Å²) < 4.78 is 136. The molecule has 4 heterocycles. The first-order chi connectivity index (χ1) is 56.6. The van der Waals surface area contributed by atoms with Gasteiger partial charge in [0.1, 0.15) is 65.6 Å². The Kier molecular flexibility index (Phi) is 31.3. The van der Waals surface area contributed by atoms with Crippen LogP contribution in [0.2, 0.25) is 10.0 Å². The average Bonchev–Trinajstić information content (AvgIpc) is 0.792. The van der Waals surface area contributed by atoms with Gasteiger partial charge in [0.2, 0.25) is 63.7 Å². The number of sulfonamides is 4. The van der Waals surface area contributed by atoms with Crippen molar-refractivity contribution in [3.05, 3.63) is 211 Å². The fraction of sp³-hybridized carbons (Fsp3) is 0.349. The second kappa shape index (κ2) is 40.4. The second-order valence-electron chi connectivity index (χ2n) is 29.7. The Labute approximate surface area is 712 Å². The lowest BCUT2D eigenvalue weighted by molar-refractivity contribution is -0.136. The first kappa shape index (κ1) is 92.9. The number of benzene rings is 8. The maximum Gasteiger partial charge on any atom is 0.246 e. The highest BCUT2D eigenvalue weighted by molar-refractivity contribution is 7.90. The predicted molar refractivity (Wildman–Crippen MR) is 452 cm³/mol. The molecular weight excluding hydrogens is 1660 g/mol. The predicted octanol–water partition coefficient (Wildman–Crippen LogP) is 13.2. The number of ether oxygens (including phenoxy) is 4. The molecule has 34 heteroatoms. The van der Waals surface area contributed by atoms with Gasteiger partial charge in [-0.25, -0.2) is 33.7 Å². The number of amides is 4. The van der Waals surface area contributed by atoms with Crippen molar-refractivity contribution in [2.24, 2.45) is 11.8 Å². The molecule has 0 aromatic heterocycles. The smallest absolute Gasteiger partial charge is 0.246 e. The minimum atomic E-state index is -3.95. The standard InChI is InChI=1S/C23H27N3O4S.C22H24ClN3O4S.C21H23N3O4S.C20H20ClN3O4S/c1-16(2)23(27)25-7-9-26(10-8-25)31(28,29)22-14-19(15-24)5-6-21(22)30-20-12-17(3)11-18(4)13-20;1-15(2)22(27)25-6-8-26(9-7-25)31(28,29)21-12-17(14-24)4-5-20(21)30-19-11-16(3)10-18(23)13-19;1-15-10-16(2)12-19(11-15)28-20-5-4-18(14-22)13-21(20)29(26,27)24-8-6-23(7-9-24)17(3)25;1-14-9-17(21)12-18(10-14)28-19-4-3-16(13-22)11-20(19)29(26,27)24-7-5-23(6-8-24)15(2)25/h5-6,11-14,16H,7-10H2,1-4H3;4-5,10-13,15H,6-9H2,1-3H3;4-5,10-13H,6-9H2,1-3H3;3-4,9-12H,5-8H2,1-2H3. The van der Waals surface area contributed by atoms with E-state index in [1.165, 1.54) is 104 Å². The summed E-state index contributed by atoms with van der Waals surface area (Å²) in [5.74, 6) is 2.01. The summed E-state index contributed by atoms with van der Waals surface area (Å²) in [5.41, 5.74) is 6.62. The van der Waals surface area contributed by atoms with Crippen LogP contribution >= 0.6 is 23.2 Å². The number of hydrogen-bond acceptors (Lipinski definition) is 20. The minimum Gasteiger partial charge on any atom is -0.456 e. The summed E-state index contributed by atoms with van der Waals surface area (Å²) in [4.78, 5) is 53.8. The Balaban J connectivity index is 0.000000182. The van der Waals surface area contributed by atoms with Crippen LogP contribution in [-0.2, 0) is 59.3 Å². The van der Waals surface area contributed by atoms with Gasteiger partial charge in [0.05, 0.1) is 46.5 Å². The van der Waals surface area contributed by atoms with Crippen LogP contribution in [0, 0.1) is 98.7 Å². The number of carbonyl (C=O) groups is 4. The molecule has 8 aromatic rings. The van der Waals surface area contributed by atoms with E-state index >= 15 is 0 Å². The van der Waals surface area contributed by atoms with Crippen LogP contribution in [0.25, 0.3) is 0 Å². The highest BCUT2D eigenvalue weighted by Crippen LogP contribution is 2.39. The van der Waals surface area contributed by atoms with Gasteiger partial charge in [-0.3, -0.25) is 19.2 Å². The molecule has 28 nitrogen and oxygen atoms in total. The summed E-state index contributed by atoms with van der Waals surface area (Å²) in [6, 6.07) is 46.8. The maximum absolute atomic E-state index is 13.4. The maximum atomic E-state index is 13.4. The van der Waals surface area contributed by atoms with Crippen LogP contribution in [0.4, 0.5) is 0 Å². The third kappa shape index (κ3) is 23.8. The van der Waals surface area contributed by atoms with Gasteiger partial charge >= 0.3 is 0 Å². The summed E-state index contributed by atoms with van der Waals surface area (Å²) >= 11 is 12.2. The Morgan fingerprint density at radius 2 is 0.508 bits per heavy atom. The van der Waals surface area contributed by atoms with Crippen molar-refractivity contribution in [1.82, 2.24) is 36.8 Å². The van der Waals surface area contributed by atoms with E-state index in [1.807, 2.05) is 130 Å². The van der Waals surface area contributed by atoms with E-state index < -0.39 is 40.1 Å². The van der Waals surface area contributed by atoms with Gasteiger partial charge in [-0.2, -0.15) is 38.3 Å². The van der Waals surface area contributed by atoms with Crippen LogP contribution in [0.1, 0.15) is 97.2 Å². The van der Waals surface area contributed by atoms with Crippen molar-refractivity contribution in [3.63, 3.8) is 0 Å². The number of piperazine rings is 4. The zero-order chi connectivity index (χ0) is 87.9. The van der Waals surface area contributed by atoms with Gasteiger partial charge < -0.3 is 38.5 Å². The quantitative estimate of drug-likeness (QED) is 0.0770. The van der Waals surface area contributed by atoms with E-state index in [2.05, 4.69) is 0 Å². The summed E-state index contributed by atoms with van der Waals surface area (Å²) in [6.07, 6.45) is 0. The molecule has 0 unspecified atom stereocenters. The molecule has 0 radical (unpaired) electrons. The monoisotopic (exact) mass is 1750 g/mol. The highest BCUT2D eigenvalue weighted by Gasteiger charge is 2.38. The number of hydrogen-bond donors (Lipinski definition) is 0. The number of nitrogens with zero attached hydrogens (tertiary/aromatic N) is 12. The molecule has 120 heavy (non-hydrogen) atoms. The molecule has 8 aromatic carbocycles. The molecule has 0 aliphatic carbocycles. The van der Waals surface area contributed by atoms with Crippen molar-refractivity contribution in [3.8, 4) is 70.3 Å². The molecule has 4 aliphatic heterocycles. The van der Waals surface area contributed by atoms with Crippen LogP contribution in [0.15, 0.2) is 165 Å². The van der Waals surface area contributed by atoms with E-state index in [9.17, 15) is 73.9 Å². The number of carbonyl (C=O) groups excluding carboxylic acids is 4. The van der Waals surface area contributed by atoms with E-state index in [0.717, 1.165) is 33.4 Å². The van der Waals surface area contributed by atoms with Gasteiger partial charge in [0.25, 0.3) is 0 Å². The summed E-state index contributed by atoms with van der Waals surface area (Å²) in [7, 11) is -15.7. The molecule has 0 N–H and O–H groups in total. The van der Waals surface area contributed by atoms with Gasteiger partial charge in [0.15, 0.2) is 0 Å². The zero-order valence-corrected chi connectivity index (χ0v) is 73.4. The first-order valence-electron chi connectivity index (χ1n) is 38.3. The third-order valence-electron chi connectivity index (χ3n) is 19.6. The number of rotatable bonds is 18. The normalized spacial score (nSPS) is 15.0.